The third-order valence-corrected chi connectivity index (χ3v) is 2.49. The van der Waals surface area contributed by atoms with E-state index in [9.17, 15) is 0 Å². The Balaban J connectivity index is 2.09. The van der Waals surface area contributed by atoms with Crippen LogP contribution in [-0.4, -0.2) is 15.2 Å². The number of nitrogens with zero attached hydrogens (tertiary/aromatic N) is 3. The summed E-state index contributed by atoms with van der Waals surface area (Å²) in [6, 6.07) is 7.26. The van der Waals surface area contributed by atoms with E-state index in [0.717, 1.165) is 5.56 Å². The van der Waals surface area contributed by atoms with Gasteiger partial charge in [-0.2, -0.15) is 4.98 Å². The van der Waals surface area contributed by atoms with Crippen LogP contribution in [0.4, 0.5) is 0 Å². The molecule has 0 fully saturated rings. The summed E-state index contributed by atoms with van der Waals surface area (Å²) in [6.45, 7) is 0.273. The zero-order valence-electron chi connectivity index (χ0n) is 8.40. The Morgan fingerprint density at radius 1 is 1.12 bits per heavy atom. The highest BCUT2D eigenvalue weighted by atomic mass is 35.5. The number of ether oxygens (including phenoxy) is 1. The maximum Gasteiger partial charge on any atom is 0.257 e. The average molecular weight is 291 g/mol. The van der Waals surface area contributed by atoms with Crippen molar-refractivity contribution in [3.63, 3.8) is 0 Å². The molecule has 0 saturated carbocycles. The average Bonchev–Trinajstić information content (AvgIpc) is 2.30. The van der Waals surface area contributed by atoms with Crippen molar-refractivity contribution in [3.8, 4) is 5.88 Å². The fourth-order valence-corrected chi connectivity index (χ4v) is 1.61. The maximum atomic E-state index is 5.84. The molecule has 2 aromatic rings. The van der Waals surface area contributed by atoms with Crippen molar-refractivity contribution in [3.05, 3.63) is 45.3 Å². The van der Waals surface area contributed by atoms with E-state index in [-0.39, 0.29) is 22.9 Å². The van der Waals surface area contributed by atoms with Crippen LogP contribution in [0.25, 0.3) is 0 Å². The van der Waals surface area contributed by atoms with Crippen molar-refractivity contribution in [2.24, 2.45) is 0 Å². The van der Waals surface area contributed by atoms with Gasteiger partial charge in [0.1, 0.15) is 6.61 Å². The summed E-state index contributed by atoms with van der Waals surface area (Å²) in [7, 11) is 0. The summed E-state index contributed by atoms with van der Waals surface area (Å²) in [5.41, 5.74) is 0.892. The lowest BCUT2D eigenvalue weighted by molar-refractivity contribution is 0.291. The minimum atomic E-state index is -0.0181. The number of aromatic nitrogens is 3. The van der Waals surface area contributed by atoms with Crippen molar-refractivity contribution >= 4 is 34.8 Å². The van der Waals surface area contributed by atoms with E-state index in [1.54, 1.807) is 12.1 Å². The van der Waals surface area contributed by atoms with Crippen molar-refractivity contribution in [2.75, 3.05) is 0 Å². The number of hydrogen-bond acceptors (Lipinski definition) is 4. The monoisotopic (exact) mass is 289 g/mol. The lowest BCUT2D eigenvalue weighted by Crippen LogP contribution is -2.00. The quantitative estimate of drug-likeness (QED) is 0.869. The first-order valence-electron chi connectivity index (χ1n) is 4.58. The van der Waals surface area contributed by atoms with Crippen LogP contribution in [0, 0.1) is 0 Å². The second-order valence-corrected chi connectivity index (χ2v) is 4.23. The molecule has 0 radical (unpaired) electrons. The summed E-state index contributed by atoms with van der Waals surface area (Å²) in [4.78, 5) is 3.81. The highest BCUT2D eigenvalue weighted by Crippen LogP contribution is 2.20. The van der Waals surface area contributed by atoms with Crippen LogP contribution < -0.4 is 4.74 Å². The number of hydrogen-bond donors (Lipinski definition) is 0. The predicted molar refractivity (Wildman–Crippen MR) is 65.6 cm³/mol. The highest BCUT2D eigenvalue weighted by molar-refractivity contribution is 6.31. The smallest absolute Gasteiger partial charge is 0.257 e. The fraction of sp³-hybridized carbons (Fsp3) is 0.100. The molecular weight excluding hydrogens is 284 g/mol. The molecule has 0 N–H and O–H groups in total. The third-order valence-electron chi connectivity index (χ3n) is 1.86. The summed E-state index contributed by atoms with van der Waals surface area (Å²) >= 11 is 17.2. The Labute approximate surface area is 113 Å². The SMILES string of the molecule is Clc1cccc(COc2nc(Cl)nnc2Cl)c1. The minimum Gasteiger partial charge on any atom is -0.470 e. The van der Waals surface area contributed by atoms with Gasteiger partial charge in [-0.15, -0.1) is 10.2 Å². The topological polar surface area (TPSA) is 47.9 Å². The zero-order chi connectivity index (χ0) is 12.3. The Morgan fingerprint density at radius 2 is 1.94 bits per heavy atom. The molecule has 0 amide bonds. The Kier molecular flexibility index (Phi) is 3.99. The van der Waals surface area contributed by atoms with Crippen molar-refractivity contribution < 1.29 is 4.74 Å². The Bertz CT molecular complexity index is 536. The third kappa shape index (κ3) is 3.43. The van der Waals surface area contributed by atoms with E-state index < -0.39 is 0 Å². The fourth-order valence-electron chi connectivity index (χ4n) is 1.15. The summed E-state index contributed by atoms with van der Waals surface area (Å²) in [6.07, 6.45) is 0. The summed E-state index contributed by atoms with van der Waals surface area (Å²) in [5.74, 6) is 0.145. The van der Waals surface area contributed by atoms with Crippen LogP contribution in [-0.2, 0) is 6.61 Å². The van der Waals surface area contributed by atoms with Gasteiger partial charge in [0, 0.05) is 5.02 Å². The van der Waals surface area contributed by atoms with Crippen LogP contribution >= 0.6 is 34.8 Å². The van der Waals surface area contributed by atoms with Gasteiger partial charge in [0.2, 0.25) is 10.4 Å². The molecule has 0 saturated heterocycles. The van der Waals surface area contributed by atoms with Crippen molar-refractivity contribution in [1.29, 1.82) is 0 Å². The van der Waals surface area contributed by atoms with Gasteiger partial charge in [0.15, 0.2) is 0 Å². The first-order valence-corrected chi connectivity index (χ1v) is 5.71. The van der Waals surface area contributed by atoms with Crippen LogP contribution in [0.5, 0.6) is 5.88 Å². The molecule has 0 aliphatic rings. The number of halogens is 3. The Hall–Kier alpha value is -1.10. The van der Waals surface area contributed by atoms with Gasteiger partial charge in [-0.3, -0.25) is 0 Å². The molecule has 1 aromatic heterocycles. The molecule has 2 rings (SSSR count). The maximum absolute atomic E-state index is 5.84. The molecule has 4 nitrogen and oxygen atoms in total. The van der Waals surface area contributed by atoms with Crippen LogP contribution in [0.15, 0.2) is 24.3 Å². The van der Waals surface area contributed by atoms with E-state index in [0.29, 0.717) is 5.02 Å². The van der Waals surface area contributed by atoms with Gasteiger partial charge in [-0.05, 0) is 29.3 Å². The van der Waals surface area contributed by atoms with Crippen LogP contribution in [0.1, 0.15) is 5.56 Å². The van der Waals surface area contributed by atoms with Gasteiger partial charge < -0.3 is 4.74 Å². The van der Waals surface area contributed by atoms with Crippen LogP contribution in [0.3, 0.4) is 0 Å². The molecule has 7 heteroatoms. The van der Waals surface area contributed by atoms with Gasteiger partial charge >= 0.3 is 0 Å². The predicted octanol–water partition coefficient (Wildman–Crippen LogP) is 3.41. The minimum absolute atomic E-state index is 0.0181. The number of rotatable bonds is 3. The van der Waals surface area contributed by atoms with Crippen molar-refractivity contribution in [1.82, 2.24) is 15.2 Å². The molecule has 88 valence electrons. The number of benzene rings is 1. The van der Waals surface area contributed by atoms with Crippen molar-refractivity contribution in [2.45, 2.75) is 6.61 Å². The highest BCUT2D eigenvalue weighted by Gasteiger charge is 2.07. The second kappa shape index (κ2) is 5.49. The normalized spacial score (nSPS) is 10.3. The van der Waals surface area contributed by atoms with Gasteiger partial charge in [-0.25, -0.2) is 0 Å². The molecule has 0 aliphatic heterocycles. The van der Waals surface area contributed by atoms with Gasteiger partial charge in [-0.1, -0.05) is 35.3 Å². The molecule has 0 atom stereocenters. The molecule has 1 heterocycles. The molecule has 17 heavy (non-hydrogen) atoms. The molecule has 0 bridgehead atoms. The van der Waals surface area contributed by atoms with E-state index >= 15 is 0 Å². The first kappa shape index (κ1) is 12.4. The molecule has 0 unspecified atom stereocenters. The van der Waals surface area contributed by atoms with E-state index in [4.69, 9.17) is 39.5 Å². The van der Waals surface area contributed by atoms with E-state index in [2.05, 4.69) is 15.2 Å². The zero-order valence-corrected chi connectivity index (χ0v) is 10.7. The molecule has 0 spiro atoms. The molecular formula is C10H6Cl3N3O. The van der Waals surface area contributed by atoms with E-state index in [1.165, 1.54) is 0 Å². The lowest BCUT2D eigenvalue weighted by Gasteiger charge is -2.06. The lowest BCUT2D eigenvalue weighted by atomic mass is 10.2. The summed E-state index contributed by atoms with van der Waals surface area (Å²) < 4.78 is 5.37. The summed E-state index contributed by atoms with van der Waals surface area (Å²) in [5, 5.41) is 7.74. The Morgan fingerprint density at radius 3 is 2.71 bits per heavy atom. The first-order chi connectivity index (χ1) is 8.15. The second-order valence-electron chi connectivity index (χ2n) is 3.10. The molecule has 0 aliphatic carbocycles. The standard InChI is InChI=1S/C10H6Cl3N3O/c11-7-3-1-2-6(4-7)5-17-9-8(12)15-16-10(13)14-9/h1-4H,5H2. The largest absolute Gasteiger partial charge is 0.470 e. The van der Waals surface area contributed by atoms with Crippen LogP contribution in [0.2, 0.25) is 15.5 Å². The van der Waals surface area contributed by atoms with Gasteiger partial charge in [0.05, 0.1) is 0 Å². The van der Waals surface area contributed by atoms with E-state index in [1.807, 2.05) is 12.1 Å². The molecule has 1 aromatic carbocycles. The van der Waals surface area contributed by atoms with Gasteiger partial charge in [0.25, 0.3) is 5.88 Å².